The fourth-order valence-electron chi connectivity index (χ4n) is 2.72. The minimum absolute atomic E-state index is 0.0664. The first-order valence-electron chi connectivity index (χ1n) is 8.41. The Bertz CT molecular complexity index is 948. The number of amides is 1. The highest BCUT2D eigenvalue weighted by atomic mass is 16.4. The minimum atomic E-state index is -0.956. The molecule has 0 saturated carbocycles. The van der Waals surface area contributed by atoms with Crippen LogP contribution in [0.4, 0.5) is 0 Å². The Morgan fingerprint density at radius 3 is 2.62 bits per heavy atom. The van der Waals surface area contributed by atoms with Crippen LogP contribution < -0.4 is 5.32 Å². The molecule has 26 heavy (non-hydrogen) atoms. The number of carbonyl (C=O) groups is 2. The second kappa shape index (κ2) is 7.35. The SMILES string of the molecule is CC(C)n1ncc2c(C(=O)NCCC(=O)O)cc(-c3ccccc3)nc21. The monoisotopic (exact) mass is 352 g/mol. The maximum atomic E-state index is 12.6. The number of pyridine rings is 1. The standard InChI is InChI=1S/C19H20N4O3/c1-12(2)23-18-15(11-21-23)14(19(26)20-9-8-17(24)25)10-16(22-18)13-6-4-3-5-7-13/h3-7,10-12H,8-9H2,1-2H3,(H,20,26)(H,24,25). The van der Waals surface area contributed by atoms with Gasteiger partial charge in [-0.2, -0.15) is 5.10 Å². The van der Waals surface area contributed by atoms with Gasteiger partial charge >= 0.3 is 5.97 Å². The number of hydrogen-bond donors (Lipinski definition) is 2. The molecule has 2 N–H and O–H groups in total. The molecule has 0 atom stereocenters. The van der Waals surface area contributed by atoms with Crippen LogP contribution in [-0.4, -0.2) is 38.3 Å². The summed E-state index contributed by atoms with van der Waals surface area (Å²) in [7, 11) is 0. The van der Waals surface area contributed by atoms with E-state index in [1.807, 2.05) is 44.2 Å². The van der Waals surface area contributed by atoms with Gasteiger partial charge in [0.15, 0.2) is 5.65 Å². The Labute approximate surface area is 150 Å². The summed E-state index contributed by atoms with van der Waals surface area (Å²) in [5, 5.41) is 16.4. The zero-order chi connectivity index (χ0) is 18.7. The number of nitrogens with one attached hydrogen (secondary N) is 1. The van der Waals surface area contributed by atoms with E-state index in [0.29, 0.717) is 22.3 Å². The third-order valence-electron chi connectivity index (χ3n) is 3.99. The van der Waals surface area contributed by atoms with Gasteiger partial charge in [0.05, 0.1) is 29.3 Å². The van der Waals surface area contributed by atoms with Crippen molar-refractivity contribution in [2.75, 3.05) is 6.54 Å². The zero-order valence-electron chi connectivity index (χ0n) is 14.6. The molecule has 0 unspecified atom stereocenters. The fraction of sp³-hybridized carbons (Fsp3) is 0.263. The Balaban J connectivity index is 2.08. The number of carboxylic acid groups (broad SMARTS) is 1. The number of fused-ring (bicyclic) bond motifs is 1. The average molecular weight is 352 g/mol. The molecule has 3 rings (SSSR count). The maximum absolute atomic E-state index is 12.6. The molecule has 134 valence electrons. The molecule has 2 heterocycles. The Morgan fingerprint density at radius 1 is 1.23 bits per heavy atom. The van der Waals surface area contributed by atoms with E-state index < -0.39 is 5.97 Å². The van der Waals surface area contributed by atoms with Crippen molar-refractivity contribution in [3.05, 3.63) is 48.2 Å². The molecule has 2 aromatic heterocycles. The van der Waals surface area contributed by atoms with Crippen LogP contribution in [-0.2, 0) is 4.79 Å². The summed E-state index contributed by atoms with van der Waals surface area (Å²) in [5.74, 6) is -1.29. The van der Waals surface area contributed by atoms with Crippen molar-refractivity contribution in [2.24, 2.45) is 0 Å². The summed E-state index contributed by atoms with van der Waals surface area (Å²) in [6, 6.07) is 11.4. The molecule has 0 fully saturated rings. The Morgan fingerprint density at radius 2 is 1.96 bits per heavy atom. The minimum Gasteiger partial charge on any atom is -0.481 e. The third kappa shape index (κ3) is 3.56. The van der Waals surface area contributed by atoms with Crippen molar-refractivity contribution in [1.82, 2.24) is 20.1 Å². The molecular formula is C19H20N4O3. The molecule has 0 aliphatic heterocycles. The van der Waals surface area contributed by atoms with Gasteiger partial charge in [0, 0.05) is 18.2 Å². The lowest BCUT2D eigenvalue weighted by Crippen LogP contribution is -2.26. The molecule has 0 radical (unpaired) electrons. The van der Waals surface area contributed by atoms with Gasteiger partial charge in [-0.1, -0.05) is 30.3 Å². The van der Waals surface area contributed by atoms with Gasteiger partial charge < -0.3 is 10.4 Å². The summed E-state index contributed by atoms with van der Waals surface area (Å²) < 4.78 is 1.77. The topological polar surface area (TPSA) is 97.1 Å². The Hall–Kier alpha value is -3.22. The lowest BCUT2D eigenvalue weighted by Gasteiger charge is -2.11. The predicted molar refractivity (Wildman–Crippen MR) is 97.9 cm³/mol. The van der Waals surface area contributed by atoms with Crippen molar-refractivity contribution < 1.29 is 14.7 Å². The molecule has 1 aromatic carbocycles. The first-order chi connectivity index (χ1) is 12.5. The van der Waals surface area contributed by atoms with Crippen molar-refractivity contribution in [3.63, 3.8) is 0 Å². The lowest BCUT2D eigenvalue weighted by molar-refractivity contribution is -0.136. The number of nitrogens with zero attached hydrogens (tertiary/aromatic N) is 3. The number of rotatable bonds is 6. The summed E-state index contributed by atoms with van der Waals surface area (Å²) in [6.45, 7) is 4.06. The van der Waals surface area contributed by atoms with Gasteiger partial charge in [0.1, 0.15) is 0 Å². The van der Waals surface area contributed by atoms with E-state index in [0.717, 1.165) is 5.56 Å². The van der Waals surface area contributed by atoms with Gasteiger partial charge in [0.25, 0.3) is 5.91 Å². The van der Waals surface area contributed by atoms with E-state index in [2.05, 4.69) is 10.4 Å². The van der Waals surface area contributed by atoms with Gasteiger partial charge in [-0.25, -0.2) is 9.67 Å². The van der Waals surface area contributed by atoms with E-state index in [4.69, 9.17) is 10.1 Å². The largest absolute Gasteiger partial charge is 0.481 e. The van der Waals surface area contributed by atoms with E-state index in [-0.39, 0.29) is 24.9 Å². The van der Waals surface area contributed by atoms with Crippen molar-refractivity contribution in [2.45, 2.75) is 26.3 Å². The van der Waals surface area contributed by atoms with Gasteiger partial charge in [0.2, 0.25) is 0 Å². The summed E-state index contributed by atoms with van der Waals surface area (Å²) in [4.78, 5) is 28.0. The van der Waals surface area contributed by atoms with Crippen LogP contribution in [0.25, 0.3) is 22.3 Å². The molecule has 7 heteroatoms. The van der Waals surface area contributed by atoms with Crippen LogP contribution in [0.15, 0.2) is 42.6 Å². The fourth-order valence-corrected chi connectivity index (χ4v) is 2.72. The number of aliphatic carboxylic acids is 1. The molecule has 3 aromatic rings. The molecule has 0 spiro atoms. The van der Waals surface area contributed by atoms with E-state index in [9.17, 15) is 9.59 Å². The molecule has 7 nitrogen and oxygen atoms in total. The number of carboxylic acids is 1. The number of aromatic nitrogens is 3. The number of benzene rings is 1. The normalized spacial score (nSPS) is 11.0. The molecule has 1 amide bonds. The second-order valence-corrected chi connectivity index (χ2v) is 6.24. The molecule has 0 saturated heterocycles. The first-order valence-corrected chi connectivity index (χ1v) is 8.41. The van der Waals surface area contributed by atoms with E-state index in [1.165, 1.54) is 0 Å². The van der Waals surface area contributed by atoms with Crippen LogP contribution in [0.2, 0.25) is 0 Å². The van der Waals surface area contributed by atoms with Crippen molar-refractivity contribution in [1.29, 1.82) is 0 Å². The highest BCUT2D eigenvalue weighted by molar-refractivity contribution is 6.06. The quantitative estimate of drug-likeness (QED) is 0.711. The van der Waals surface area contributed by atoms with Crippen LogP contribution >= 0.6 is 0 Å². The van der Waals surface area contributed by atoms with Gasteiger partial charge in [-0.05, 0) is 19.9 Å². The van der Waals surface area contributed by atoms with E-state index >= 15 is 0 Å². The first kappa shape index (κ1) is 17.6. The summed E-state index contributed by atoms with van der Waals surface area (Å²) in [5.41, 5.74) is 2.63. The lowest BCUT2D eigenvalue weighted by atomic mass is 10.1. The molecule has 0 aliphatic carbocycles. The van der Waals surface area contributed by atoms with Crippen LogP contribution in [0.3, 0.4) is 0 Å². The molecule has 0 bridgehead atoms. The Kier molecular flexibility index (Phi) is 4.97. The number of carbonyl (C=O) groups excluding carboxylic acids is 1. The highest BCUT2D eigenvalue weighted by Gasteiger charge is 2.18. The summed E-state index contributed by atoms with van der Waals surface area (Å²) in [6.07, 6.45) is 1.50. The van der Waals surface area contributed by atoms with Crippen LogP contribution in [0, 0.1) is 0 Å². The maximum Gasteiger partial charge on any atom is 0.305 e. The van der Waals surface area contributed by atoms with Crippen molar-refractivity contribution in [3.8, 4) is 11.3 Å². The predicted octanol–water partition coefficient (Wildman–Crippen LogP) is 2.88. The molecular weight excluding hydrogens is 332 g/mol. The third-order valence-corrected chi connectivity index (χ3v) is 3.99. The van der Waals surface area contributed by atoms with Crippen LogP contribution in [0.5, 0.6) is 0 Å². The number of hydrogen-bond acceptors (Lipinski definition) is 4. The van der Waals surface area contributed by atoms with Gasteiger partial charge in [-0.3, -0.25) is 9.59 Å². The van der Waals surface area contributed by atoms with E-state index in [1.54, 1.807) is 16.9 Å². The smallest absolute Gasteiger partial charge is 0.305 e. The van der Waals surface area contributed by atoms with Crippen molar-refractivity contribution >= 4 is 22.9 Å². The summed E-state index contributed by atoms with van der Waals surface area (Å²) >= 11 is 0. The van der Waals surface area contributed by atoms with Gasteiger partial charge in [-0.15, -0.1) is 0 Å². The highest BCUT2D eigenvalue weighted by Crippen LogP contribution is 2.26. The second-order valence-electron chi connectivity index (χ2n) is 6.24. The average Bonchev–Trinajstić information content (AvgIpc) is 3.05. The molecule has 0 aliphatic rings. The zero-order valence-corrected chi connectivity index (χ0v) is 14.6. The van der Waals surface area contributed by atoms with Crippen LogP contribution in [0.1, 0.15) is 36.7 Å².